The van der Waals surface area contributed by atoms with Crippen molar-refractivity contribution >= 4 is 0 Å². The van der Waals surface area contributed by atoms with Gasteiger partial charge in [-0.25, -0.2) is 4.98 Å². The third kappa shape index (κ3) is 2.10. The molecule has 1 aromatic rings. The Morgan fingerprint density at radius 1 is 1.54 bits per heavy atom. The highest BCUT2D eigenvalue weighted by molar-refractivity contribution is 4.91. The van der Waals surface area contributed by atoms with Gasteiger partial charge in [-0.05, 0) is 12.8 Å². The van der Waals surface area contributed by atoms with E-state index in [2.05, 4.69) is 14.9 Å². The van der Waals surface area contributed by atoms with Gasteiger partial charge in [-0.3, -0.25) is 0 Å². The summed E-state index contributed by atoms with van der Waals surface area (Å²) in [6.07, 6.45) is 9.29. The largest absolute Gasteiger partial charge is 0.337 e. The third-order valence-electron chi connectivity index (χ3n) is 2.82. The molecular weight excluding hydrogens is 162 g/mol. The Kier molecular flexibility index (Phi) is 2.64. The third-order valence-corrected chi connectivity index (χ3v) is 2.82. The van der Waals surface area contributed by atoms with Crippen LogP contribution in [0.4, 0.5) is 0 Å². The van der Waals surface area contributed by atoms with Crippen LogP contribution in [0.25, 0.3) is 0 Å². The Morgan fingerprint density at radius 2 is 2.31 bits per heavy atom. The predicted molar refractivity (Wildman–Crippen MR) is 52.3 cm³/mol. The summed E-state index contributed by atoms with van der Waals surface area (Å²) < 4.78 is 2.07. The lowest BCUT2D eigenvalue weighted by atomic mass is 10.2. The Hall–Kier alpha value is -0.830. The first-order chi connectivity index (χ1) is 6.36. The normalized spacial score (nSPS) is 18.2. The molecule has 0 saturated heterocycles. The van der Waals surface area contributed by atoms with Crippen molar-refractivity contribution in [3.8, 4) is 0 Å². The maximum absolute atomic E-state index is 4.28. The van der Waals surface area contributed by atoms with Crippen molar-refractivity contribution in [1.82, 2.24) is 14.9 Å². The molecule has 1 saturated carbocycles. The zero-order chi connectivity index (χ0) is 9.10. The van der Waals surface area contributed by atoms with E-state index in [1.165, 1.54) is 25.7 Å². The molecule has 0 amide bonds. The van der Waals surface area contributed by atoms with E-state index in [1.54, 1.807) is 0 Å². The lowest BCUT2D eigenvalue weighted by Gasteiger charge is -2.10. The van der Waals surface area contributed by atoms with Crippen LogP contribution in [0.5, 0.6) is 0 Å². The van der Waals surface area contributed by atoms with E-state index in [0.29, 0.717) is 0 Å². The van der Waals surface area contributed by atoms with Gasteiger partial charge in [0.15, 0.2) is 0 Å². The van der Waals surface area contributed by atoms with E-state index in [1.807, 2.05) is 19.4 Å². The molecular formula is C10H17N3. The molecule has 0 spiro atoms. The molecule has 0 radical (unpaired) electrons. The van der Waals surface area contributed by atoms with E-state index in [4.69, 9.17) is 0 Å². The molecule has 1 aliphatic carbocycles. The first-order valence-electron chi connectivity index (χ1n) is 5.06. The van der Waals surface area contributed by atoms with E-state index in [-0.39, 0.29) is 0 Å². The summed E-state index contributed by atoms with van der Waals surface area (Å²) >= 11 is 0. The average Bonchev–Trinajstić information content (AvgIpc) is 2.72. The van der Waals surface area contributed by atoms with Gasteiger partial charge in [0.05, 0.1) is 6.54 Å². The Morgan fingerprint density at radius 3 is 2.92 bits per heavy atom. The number of hydrogen-bond donors (Lipinski definition) is 1. The Bertz CT molecular complexity index is 261. The van der Waals surface area contributed by atoms with Crippen LogP contribution in [-0.4, -0.2) is 15.6 Å². The molecule has 1 aliphatic rings. The molecule has 13 heavy (non-hydrogen) atoms. The van der Waals surface area contributed by atoms with Crippen molar-refractivity contribution in [2.24, 2.45) is 7.05 Å². The fourth-order valence-electron chi connectivity index (χ4n) is 1.93. The topological polar surface area (TPSA) is 29.9 Å². The van der Waals surface area contributed by atoms with Crippen molar-refractivity contribution in [2.45, 2.75) is 38.3 Å². The highest BCUT2D eigenvalue weighted by Crippen LogP contribution is 2.17. The van der Waals surface area contributed by atoms with E-state index in [0.717, 1.165) is 18.4 Å². The quantitative estimate of drug-likeness (QED) is 0.761. The number of nitrogens with one attached hydrogen (secondary N) is 1. The fraction of sp³-hybridized carbons (Fsp3) is 0.700. The summed E-state index contributed by atoms with van der Waals surface area (Å²) in [7, 11) is 2.04. The monoisotopic (exact) mass is 179 g/mol. The second-order valence-corrected chi connectivity index (χ2v) is 3.82. The predicted octanol–water partition coefficient (Wildman–Crippen LogP) is 1.45. The van der Waals surface area contributed by atoms with Crippen LogP contribution >= 0.6 is 0 Å². The molecule has 1 N–H and O–H groups in total. The molecule has 0 atom stereocenters. The molecule has 0 bridgehead atoms. The Balaban J connectivity index is 1.82. The van der Waals surface area contributed by atoms with E-state index >= 15 is 0 Å². The van der Waals surface area contributed by atoms with Gasteiger partial charge in [0.2, 0.25) is 0 Å². The second kappa shape index (κ2) is 3.92. The maximum Gasteiger partial charge on any atom is 0.122 e. The van der Waals surface area contributed by atoms with Gasteiger partial charge in [-0.1, -0.05) is 12.8 Å². The number of rotatable bonds is 3. The molecule has 1 heterocycles. The molecule has 0 aliphatic heterocycles. The summed E-state index contributed by atoms with van der Waals surface area (Å²) in [5.41, 5.74) is 0. The second-order valence-electron chi connectivity index (χ2n) is 3.82. The van der Waals surface area contributed by atoms with Gasteiger partial charge in [-0.15, -0.1) is 0 Å². The van der Waals surface area contributed by atoms with E-state index in [9.17, 15) is 0 Å². The standard InChI is InChI=1S/C10H17N3/c1-13-7-6-11-10(13)8-12-9-4-2-3-5-9/h6-7,9,12H,2-5,8H2,1H3. The molecule has 0 aromatic carbocycles. The molecule has 3 nitrogen and oxygen atoms in total. The molecule has 3 heteroatoms. The van der Waals surface area contributed by atoms with Crippen LogP contribution in [0.15, 0.2) is 12.4 Å². The molecule has 2 rings (SSSR count). The van der Waals surface area contributed by atoms with Gasteiger partial charge >= 0.3 is 0 Å². The van der Waals surface area contributed by atoms with Gasteiger partial charge in [0.25, 0.3) is 0 Å². The van der Waals surface area contributed by atoms with Crippen molar-refractivity contribution in [1.29, 1.82) is 0 Å². The number of aromatic nitrogens is 2. The molecule has 72 valence electrons. The van der Waals surface area contributed by atoms with Crippen molar-refractivity contribution in [2.75, 3.05) is 0 Å². The minimum Gasteiger partial charge on any atom is -0.337 e. The number of aryl methyl sites for hydroxylation is 1. The van der Waals surface area contributed by atoms with Crippen molar-refractivity contribution < 1.29 is 0 Å². The van der Waals surface area contributed by atoms with Crippen LogP contribution in [0.3, 0.4) is 0 Å². The van der Waals surface area contributed by atoms with Crippen molar-refractivity contribution in [3.05, 3.63) is 18.2 Å². The van der Waals surface area contributed by atoms with Gasteiger partial charge in [-0.2, -0.15) is 0 Å². The molecule has 0 unspecified atom stereocenters. The first kappa shape index (κ1) is 8.75. The summed E-state index contributed by atoms with van der Waals surface area (Å²) in [5.74, 6) is 1.13. The number of hydrogen-bond acceptors (Lipinski definition) is 2. The van der Waals surface area contributed by atoms with E-state index < -0.39 is 0 Å². The fourth-order valence-corrected chi connectivity index (χ4v) is 1.93. The first-order valence-corrected chi connectivity index (χ1v) is 5.06. The highest BCUT2D eigenvalue weighted by Gasteiger charge is 2.14. The zero-order valence-corrected chi connectivity index (χ0v) is 8.16. The zero-order valence-electron chi connectivity index (χ0n) is 8.16. The summed E-state index contributed by atoms with van der Waals surface area (Å²) in [6, 6.07) is 0.733. The maximum atomic E-state index is 4.28. The van der Waals surface area contributed by atoms with Crippen LogP contribution < -0.4 is 5.32 Å². The summed E-state index contributed by atoms with van der Waals surface area (Å²) in [6.45, 7) is 0.911. The van der Waals surface area contributed by atoms with Gasteiger partial charge in [0.1, 0.15) is 5.82 Å². The number of imidazole rings is 1. The smallest absolute Gasteiger partial charge is 0.122 e. The molecule has 1 aromatic heterocycles. The van der Waals surface area contributed by atoms with Gasteiger partial charge < -0.3 is 9.88 Å². The summed E-state index contributed by atoms with van der Waals surface area (Å²) in [5, 5.41) is 3.54. The lowest BCUT2D eigenvalue weighted by Crippen LogP contribution is -2.26. The van der Waals surface area contributed by atoms with Crippen LogP contribution in [0.2, 0.25) is 0 Å². The minimum absolute atomic E-state index is 0.733. The average molecular weight is 179 g/mol. The van der Waals surface area contributed by atoms with Gasteiger partial charge in [0, 0.05) is 25.5 Å². The molecule has 1 fully saturated rings. The van der Waals surface area contributed by atoms with Crippen LogP contribution in [0, 0.1) is 0 Å². The summed E-state index contributed by atoms with van der Waals surface area (Å²) in [4.78, 5) is 4.28. The van der Waals surface area contributed by atoms with Crippen LogP contribution in [0.1, 0.15) is 31.5 Å². The van der Waals surface area contributed by atoms with Crippen molar-refractivity contribution in [3.63, 3.8) is 0 Å². The lowest BCUT2D eigenvalue weighted by molar-refractivity contribution is 0.507. The SMILES string of the molecule is Cn1ccnc1CNC1CCCC1. The Labute approximate surface area is 79.2 Å². The van der Waals surface area contributed by atoms with Crippen LogP contribution in [-0.2, 0) is 13.6 Å². The highest BCUT2D eigenvalue weighted by atomic mass is 15.1. The number of nitrogens with zero attached hydrogens (tertiary/aromatic N) is 2. The minimum atomic E-state index is 0.733.